The van der Waals surface area contributed by atoms with Gasteiger partial charge in [-0.1, -0.05) is 18.2 Å². The lowest BCUT2D eigenvalue weighted by molar-refractivity contribution is 0.709. The molecule has 15 heavy (non-hydrogen) atoms. The van der Waals surface area contributed by atoms with Crippen LogP contribution >= 0.6 is 0 Å². The van der Waals surface area contributed by atoms with Crippen LogP contribution in [0.15, 0.2) is 29.3 Å². The van der Waals surface area contributed by atoms with Gasteiger partial charge in [0, 0.05) is 25.3 Å². The fourth-order valence-electron chi connectivity index (χ4n) is 1.81. The molecule has 0 radical (unpaired) electrons. The summed E-state index contributed by atoms with van der Waals surface area (Å²) in [6, 6.07) is 8.77. The first-order chi connectivity index (χ1) is 7.29. The Labute approximate surface area is 89.6 Å². The predicted octanol–water partition coefficient (Wildman–Crippen LogP) is 0.557. The maximum atomic E-state index is 5.57. The highest BCUT2D eigenvalue weighted by atomic mass is 15.1. The van der Waals surface area contributed by atoms with Crippen LogP contribution in [0.5, 0.6) is 0 Å². The van der Waals surface area contributed by atoms with Crippen molar-refractivity contribution < 1.29 is 0 Å². The van der Waals surface area contributed by atoms with Crippen molar-refractivity contribution in [3.63, 3.8) is 0 Å². The van der Waals surface area contributed by atoms with Crippen molar-refractivity contribution in [3.05, 3.63) is 29.8 Å². The molecule has 0 aromatic heterocycles. The molecule has 1 unspecified atom stereocenters. The van der Waals surface area contributed by atoms with Gasteiger partial charge in [0.05, 0.1) is 0 Å². The smallest absolute Gasteiger partial charge is 0.188 e. The molecule has 1 aromatic rings. The van der Waals surface area contributed by atoms with E-state index in [1.54, 1.807) is 7.05 Å². The number of hydrogen-bond acceptors (Lipinski definition) is 2. The topological polar surface area (TPSA) is 62.4 Å². The monoisotopic (exact) mass is 204 g/mol. The molecule has 4 N–H and O–H groups in total. The van der Waals surface area contributed by atoms with Gasteiger partial charge in [-0.3, -0.25) is 4.99 Å². The SMILES string of the molecule is CN=C(N)NCC1Cc2ccccc2N1. The van der Waals surface area contributed by atoms with Crippen LogP contribution in [0.3, 0.4) is 0 Å². The fourth-order valence-corrected chi connectivity index (χ4v) is 1.81. The van der Waals surface area contributed by atoms with Crippen LogP contribution in [-0.2, 0) is 6.42 Å². The second kappa shape index (κ2) is 4.21. The van der Waals surface area contributed by atoms with E-state index in [-0.39, 0.29) is 0 Å². The average molecular weight is 204 g/mol. The van der Waals surface area contributed by atoms with Gasteiger partial charge in [-0.15, -0.1) is 0 Å². The molecule has 1 aromatic carbocycles. The molecule has 2 rings (SSSR count). The molecule has 0 saturated heterocycles. The summed E-state index contributed by atoms with van der Waals surface area (Å²) in [5.41, 5.74) is 8.17. The molecule has 0 aliphatic carbocycles. The van der Waals surface area contributed by atoms with Crippen LogP contribution in [0.25, 0.3) is 0 Å². The van der Waals surface area contributed by atoms with Gasteiger partial charge in [0.25, 0.3) is 0 Å². The molecular weight excluding hydrogens is 188 g/mol. The summed E-state index contributed by atoms with van der Waals surface area (Å²) in [4.78, 5) is 3.85. The number of fused-ring (bicyclic) bond motifs is 1. The molecule has 80 valence electrons. The van der Waals surface area contributed by atoms with Crippen molar-refractivity contribution in [2.75, 3.05) is 18.9 Å². The third kappa shape index (κ3) is 2.21. The maximum absolute atomic E-state index is 5.57. The number of nitrogens with two attached hydrogens (primary N) is 1. The van der Waals surface area contributed by atoms with Gasteiger partial charge in [0.1, 0.15) is 0 Å². The second-order valence-corrected chi connectivity index (χ2v) is 3.69. The van der Waals surface area contributed by atoms with E-state index in [9.17, 15) is 0 Å². The molecule has 0 saturated carbocycles. The number of hydrogen-bond donors (Lipinski definition) is 3. The number of anilines is 1. The zero-order valence-corrected chi connectivity index (χ0v) is 8.83. The lowest BCUT2D eigenvalue weighted by Crippen LogP contribution is -2.39. The summed E-state index contributed by atoms with van der Waals surface area (Å²) in [5, 5.41) is 6.52. The van der Waals surface area contributed by atoms with E-state index >= 15 is 0 Å². The lowest BCUT2D eigenvalue weighted by Gasteiger charge is -2.12. The van der Waals surface area contributed by atoms with E-state index in [4.69, 9.17) is 5.73 Å². The van der Waals surface area contributed by atoms with Gasteiger partial charge >= 0.3 is 0 Å². The Hall–Kier alpha value is -1.71. The standard InChI is InChI=1S/C11H16N4/c1-13-11(12)14-7-9-6-8-4-2-3-5-10(8)15-9/h2-5,9,15H,6-7H2,1H3,(H3,12,13,14). The largest absolute Gasteiger partial charge is 0.380 e. The first kappa shape index (κ1) is 9.83. The molecule has 1 atom stereocenters. The summed E-state index contributed by atoms with van der Waals surface area (Å²) in [6.07, 6.45) is 1.04. The fraction of sp³-hybridized carbons (Fsp3) is 0.364. The van der Waals surface area contributed by atoms with E-state index in [2.05, 4.69) is 33.8 Å². The average Bonchev–Trinajstić information content (AvgIpc) is 2.68. The van der Waals surface area contributed by atoms with Gasteiger partial charge in [-0.25, -0.2) is 0 Å². The first-order valence-corrected chi connectivity index (χ1v) is 5.10. The van der Waals surface area contributed by atoms with Gasteiger partial charge in [0.2, 0.25) is 0 Å². The minimum Gasteiger partial charge on any atom is -0.380 e. The molecule has 0 spiro atoms. The Bertz CT molecular complexity index is 348. The van der Waals surface area contributed by atoms with Gasteiger partial charge in [-0.05, 0) is 18.1 Å². The number of benzene rings is 1. The van der Waals surface area contributed by atoms with Crippen molar-refractivity contribution >= 4 is 11.6 Å². The second-order valence-electron chi connectivity index (χ2n) is 3.69. The normalized spacial score (nSPS) is 19.5. The van der Waals surface area contributed by atoms with Crippen molar-refractivity contribution in [3.8, 4) is 0 Å². The molecule has 1 aliphatic heterocycles. The highest BCUT2D eigenvalue weighted by Crippen LogP contribution is 2.24. The van der Waals surface area contributed by atoms with E-state index in [1.165, 1.54) is 11.3 Å². The van der Waals surface area contributed by atoms with Crippen LogP contribution in [-0.4, -0.2) is 25.6 Å². The van der Waals surface area contributed by atoms with Crippen LogP contribution in [0.1, 0.15) is 5.56 Å². The summed E-state index contributed by atoms with van der Waals surface area (Å²) in [5.74, 6) is 0.493. The Kier molecular flexibility index (Phi) is 2.76. The van der Waals surface area contributed by atoms with Gasteiger partial charge in [0.15, 0.2) is 5.96 Å². The number of para-hydroxylation sites is 1. The number of nitrogens with zero attached hydrogens (tertiary/aromatic N) is 1. The molecule has 0 amide bonds. The van der Waals surface area contributed by atoms with Gasteiger partial charge < -0.3 is 16.4 Å². The van der Waals surface area contributed by atoms with Crippen molar-refractivity contribution in [2.45, 2.75) is 12.5 Å². The predicted molar refractivity (Wildman–Crippen MR) is 63.1 cm³/mol. The zero-order chi connectivity index (χ0) is 10.7. The van der Waals surface area contributed by atoms with Crippen molar-refractivity contribution in [1.82, 2.24) is 5.32 Å². The van der Waals surface area contributed by atoms with E-state index in [0.29, 0.717) is 12.0 Å². The highest BCUT2D eigenvalue weighted by molar-refractivity contribution is 5.77. The van der Waals surface area contributed by atoms with Crippen LogP contribution < -0.4 is 16.4 Å². The maximum Gasteiger partial charge on any atom is 0.188 e. The number of guanidine groups is 1. The van der Waals surface area contributed by atoms with E-state index in [1.807, 2.05) is 6.07 Å². The van der Waals surface area contributed by atoms with Crippen LogP contribution in [0.2, 0.25) is 0 Å². The lowest BCUT2D eigenvalue weighted by atomic mass is 10.1. The molecule has 0 bridgehead atoms. The molecule has 4 nitrogen and oxygen atoms in total. The van der Waals surface area contributed by atoms with E-state index < -0.39 is 0 Å². The molecular formula is C11H16N4. The number of nitrogens with one attached hydrogen (secondary N) is 2. The van der Waals surface area contributed by atoms with E-state index in [0.717, 1.165) is 13.0 Å². The van der Waals surface area contributed by atoms with Gasteiger partial charge in [-0.2, -0.15) is 0 Å². The molecule has 1 aliphatic rings. The third-order valence-electron chi connectivity index (χ3n) is 2.61. The Morgan fingerprint density at radius 1 is 1.60 bits per heavy atom. The minimum absolute atomic E-state index is 0.405. The Morgan fingerprint density at radius 2 is 2.40 bits per heavy atom. The van der Waals surface area contributed by atoms with Crippen LogP contribution in [0.4, 0.5) is 5.69 Å². The number of rotatable bonds is 2. The number of aliphatic imine (C=N–C) groups is 1. The third-order valence-corrected chi connectivity index (χ3v) is 2.61. The Morgan fingerprint density at radius 3 is 3.13 bits per heavy atom. The van der Waals surface area contributed by atoms with Crippen molar-refractivity contribution in [2.24, 2.45) is 10.7 Å². The Balaban J connectivity index is 1.91. The highest BCUT2D eigenvalue weighted by Gasteiger charge is 2.19. The molecule has 0 fully saturated rings. The summed E-state index contributed by atoms with van der Waals surface area (Å²) >= 11 is 0. The summed E-state index contributed by atoms with van der Waals surface area (Å²) in [6.45, 7) is 0.803. The summed E-state index contributed by atoms with van der Waals surface area (Å²) < 4.78 is 0. The van der Waals surface area contributed by atoms with Crippen LogP contribution in [0, 0.1) is 0 Å². The quantitative estimate of drug-likeness (QED) is 0.487. The zero-order valence-electron chi connectivity index (χ0n) is 8.83. The molecule has 1 heterocycles. The van der Waals surface area contributed by atoms with Crippen molar-refractivity contribution in [1.29, 1.82) is 0 Å². The summed E-state index contributed by atoms with van der Waals surface area (Å²) in [7, 11) is 1.68. The minimum atomic E-state index is 0.405. The molecule has 4 heteroatoms. The first-order valence-electron chi connectivity index (χ1n) is 5.10.